The molecule has 1 aromatic heterocycles. The molecular formula is C14H23N3O4. The zero-order valence-electron chi connectivity index (χ0n) is 12.5. The smallest absolute Gasteiger partial charge is 0.222 e. The number of ether oxygens (including phenoxy) is 2. The third-order valence-corrected chi connectivity index (χ3v) is 3.95. The second-order valence-electron chi connectivity index (χ2n) is 5.33. The molecule has 3 atom stereocenters. The van der Waals surface area contributed by atoms with Crippen LogP contribution in [0.25, 0.3) is 0 Å². The Morgan fingerprint density at radius 3 is 3.10 bits per heavy atom. The molecule has 1 aliphatic rings. The number of aliphatic hydroxyl groups excluding tert-OH is 1. The summed E-state index contributed by atoms with van der Waals surface area (Å²) < 4.78 is 10.6. The van der Waals surface area contributed by atoms with Crippen molar-refractivity contribution >= 4 is 5.91 Å². The van der Waals surface area contributed by atoms with Gasteiger partial charge < -0.3 is 19.5 Å². The normalized spacial score (nSPS) is 25.8. The van der Waals surface area contributed by atoms with Gasteiger partial charge in [0.25, 0.3) is 0 Å². The fourth-order valence-electron chi connectivity index (χ4n) is 2.52. The first-order chi connectivity index (χ1) is 10.1. The Labute approximate surface area is 124 Å². The first-order valence-electron chi connectivity index (χ1n) is 7.15. The molecule has 0 aliphatic carbocycles. The highest BCUT2D eigenvalue weighted by Crippen LogP contribution is 2.17. The molecule has 1 amide bonds. The highest BCUT2D eigenvalue weighted by atomic mass is 16.5. The lowest BCUT2D eigenvalue weighted by Crippen LogP contribution is -2.56. The van der Waals surface area contributed by atoms with Crippen molar-refractivity contribution < 1.29 is 19.4 Å². The highest BCUT2D eigenvalue weighted by Gasteiger charge is 2.36. The number of aryl methyl sites for hydroxylation is 1. The molecule has 0 spiro atoms. The van der Waals surface area contributed by atoms with E-state index in [0.717, 1.165) is 18.4 Å². The first kappa shape index (κ1) is 15.9. The van der Waals surface area contributed by atoms with Crippen LogP contribution in [0.3, 0.4) is 0 Å². The number of aromatic amines is 1. The fourth-order valence-corrected chi connectivity index (χ4v) is 2.52. The van der Waals surface area contributed by atoms with Crippen LogP contribution in [0, 0.1) is 0 Å². The van der Waals surface area contributed by atoms with Gasteiger partial charge in [-0.25, -0.2) is 0 Å². The summed E-state index contributed by atoms with van der Waals surface area (Å²) >= 11 is 0. The summed E-state index contributed by atoms with van der Waals surface area (Å²) in [7, 11) is 3.24. The lowest BCUT2D eigenvalue weighted by atomic mass is 10.0. The molecule has 0 aromatic carbocycles. The predicted octanol–water partition coefficient (Wildman–Crippen LogP) is -0.0345. The van der Waals surface area contributed by atoms with Gasteiger partial charge >= 0.3 is 0 Å². The van der Waals surface area contributed by atoms with Crippen molar-refractivity contribution in [2.45, 2.75) is 37.5 Å². The molecule has 118 valence electrons. The molecule has 2 rings (SSSR count). The molecule has 1 saturated heterocycles. The molecule has 1 aromatic rings. The number of nitrogens with zero attached hydrogens (tertiary/aromatic N) is 2. The van der Waals surface area contributed by atoms with Crippen molar-refractivity contribution in [3.63, 3.8) is 0 Å². The Bertz CT molecular complexity index is 437. The number of rotatable bonds is 6. The summed E-state index contributed by atoms with van der Waals surface area (Å²) in [6.07, 6.45) is 4.48. The highest BCUT2D eigenvalue weighted by molar-refractivity contribution is 5.76. The number of hydrogen-bond donors (Lipinski definition) is 2. The van der Waals surface area contributed by atoms with E-state index in [1.807, 2.05) is 6.20 Å². The van der Waals surface area contributed by atoms with Gasteiger partial charge in [-0.15, -0.1) is 0 Å². The number of methoxy groups -OCH3 is 1. The Kier molecular flexibility index (Phi) is 5.72. The summed E-state index contributed by atoms with van der Waals surface area (Å²) in [5.74, 6) is 0.00268. The van der Waals surface area contributed by atoms with E-state index in [-0.39, 0.29) is 18.1 Å². The SMILES string of the molecule is CO[C@@H]1COC[C@@H](N(C)C(=O)CCCc2cn[nH]c2)[C@@H]1O. The zero-order valence-corrected chi connectivity index (χ0v) is 12.5. The number of aromatic nitrogens is 2. The summed E-state index contributed by atoms with van der Waals surface area (Å²) in [4.78, 5) is 13.8. The van der Waals surface area contributed by atoms with Gasteiger partial charge in [-0.3, -0.25) is 9.89 Å². The molecule has 0 bridgehead atoms. The quantitative estimate of drug-likeness (QED) is 0.769. The number of aliphatic hydroxyl groups is 1. The molecule has 1 aliphatic heterocycles. The van der Waals surface area contributed by atoms with Crippen LogP contribution in [-0.2, 0) is 20.7 Å². The minimum absolute atomic E-state index is 0.00268. The van der Waals surface area contributed by atoms with Gasteiger partial charge in [0, 0.05) is 26.8 Å². The Hall–Kier alpha value is -1.44. The van der Waals surface area contributed by atoms with E-state index in [1.54, 1.807) is 18.1 Å². The fraction of sp³-hybridized carbons (Fsp3) is 0.714. The number of likely N-dealkylation sites (N-methyl/N-ethyl adjacent to an activating group) is 1. The zero-order chi connectivity index (χ0) is 15.2. The first-order valence-corrected chi connectivity index (χ1v) is 7.15. The van der Waals surface area contributed by atoms with E-state index in [4.69, 9.17) is 9.47 Å². The van der Waals surface area contributed by atoms with Crippen molar-refractivity contribution in [1.29, 1.82) is 0 Å². The second kappa shape index (κ2) is 7.53. The molecule has 0 radical (unpaired) electrons. The van der Waals surface area contributed by atoms with Gasteiger partial charge in [0.05, 0.1) is 25.5 Å². The summed E-state index contributed by atoms with van der Waals surface area (Å²) in [5.41, 5.74) is 1.09. The van der Waals surface area contributed by atoms with Crippen LogP contribution in [-0.4, -0.2) is 71.7 Å². The van der Waals surface area contributed by atoms with Gasteiger partial charge in [-0.05, 0) is 18.4 Å². The lowest BCUT2D eigenvalue weighted by Gasteiger charge is -2.38. The van der Waals surface area contributed by atoms with Gasteiger partial charge in [0.2, 0.25) is 5.91 Å². The van der Waals surface area contributed by atoms with Gasteiger partial charge in [-0.1, -0.05) is 0 Å². The Morgan fingerprint density at radius 1 is 1.62 bits per heavy atom. The number of hydrogen-bond acceptors (Lipinski definition) is 5. The molecule has 7 nitrogen and oxygen atoms in total. The standard InChI is InChI=1S/C14H23N3O4/c1-17(11-8-21-9-12(20-2)14(11)19)13(18)5-3-4-10-6-15-16-7-10/h6-7,11-12,14,19H,3-5,8-9H2,1-2H3,(H,15,16)/t11-,12-,14+/m1/s1. The van der Waals surface area contributed by atoms with Crippen molar-refractivity contribution in [3.05, 3.63) is 18.0 Å². The monoisotopic (exact) mass is 297 g/mol. The Morgan fingerprint density at radius 2 is 2.43 bits per heavy atom. The van der Waals surface area contributed by atoms with E-state index in [1.165, 1.54) is 7.11 Å². The molecule has 2 heterocycles. The maximum Gasteiger partial charge on any atom is 0.222 e. The molecule has 0 unspecified atom stereocenters. The van der Waals surface area contributed by atoms with E-state index in [9.17, 15) is 9.90 Å². The van der Waals surface area contributed by atoms with Crippen molar-refractivity contribution in [2.75, 3.05) is 27.4 Å². The molecule has 21 heavy (non-hydrogen) atoms. The van der Waals surface area contributed by atoms with E-state index in [2.05, 4.69) is 10.2 Å². The average Bonchev–Trinajstić information content (AvgIpc) is 3.00. The van der Waals surface area contributed by atoms with Crippen LogP contribution in [0.5, 0.6) is 0 Å². The Balaban J connectivity index is 1.80. The van der Waals surface area contributed by atoms with Crippen LogP contribution >= 0.6 is 0 Å². The average molecular weight is 297 g/mol. The number of H-pyrrole nitrogens is 1. The second-order valence-corrected chi connectivity index (χ2v) is 5.33. The number of amides is 1. The molecule has 1 fully saturated rings. The predicted molar refractivity (Wildman–Crippen MR) is 75.7 cm³/mol. The molecule has 0 saturated carbocycles. The van der Waals surface area contributed by atoms with Crippen LogP contribution < -0.4 is 0 Å². The molecule has 2 N–H and O–H groups in total. The van der Waals surface area contributed by atoms with Crippen LogP contribution in [0.15, 0.2) is 12.4 Å². The van der Waals surface area contributed by atoms with Gasteiger partial charge in [0.15, 0.2) is 0 Å². The minimum atomic E-state index is -0.716. The summed E-state index contributed by atoms with van der Waals surface area (Å²) in [6, 6.07) is -0.356. The largest absolute Gasteiger partial charge is 0.388 e. The molecular weight excluding hydrogens is 274 g/mol. The minimum Gasteiger partial charge on any atom is -0.388 e. The number of carbonyl (C=O) groups is 1. The van der Waals surface area contributed by atoms with Gasteiger partial charge in [0.1, 0.15) is 12.2 Å². The summed E-state index contributed by atoms with van der Waals surface area (Å²) in [5, 5.41) is 16.8. The van der Waals surface area contributed by atoms with E-state index >= 15 is 0 Å². The maximum absolute atomic E-state index is 12.2. The number of carbonyl (C=O) groups excluding carboxylic acids is 1. The topological polar surface area (TPSA) is 87.7 Å². The van der Waals surface area contributed by atoms with Crippen molar-refractivity contribution in [3.8, 4) is 0 Å². The van der Waals surface area contributed by atoms with Crippen LogP contribution in [0.2, 0.25) is 0 Å². The maximum atomic E-state index is 12.2. The lowest BCUT2D eigenvalue weighted by molar-refractivity contribution is -0.158. The third kappa shape index (κ3) is 4.03. The number of nitrogens with one attached hydrogen (secondary N) is 1. The van der Waals surface area contributed by atoms with Gasteiger partial charge in [-0.2, -0.15) is 5.10 Å². The van der Waals surface area contributed by atoms with E-state index < -0.39 is 6.10 Å². The van der Waals surface area contributed by atoms with Crippen molar-refractivity contribution in [2.24, 2.45) is 0 Å². The van der Waals surface area contributed by atoms with Crippen molar-refractivity contribution in [1.82, 2.24) is 15.1 Å². The molecule has 7 heteroatoms. The van der Waals surface area contributed by atoms with Crippen LogP contribution in [0.1, 0.15) is 18.4 Å². The van der Waals surface area contributed by atoms with Crippen LogP contribution in [0.4, 0.5) is 0 Å². The third-order valence-electron chi connectivity index (χ3n) is 3.95. The van der Waals surface area contributed by atoms with E-state index in [0.29, 0.717) is 19.6 Å². The summed E-state index contributed by atoms with van der Waals surface area (Å²) in [6.45, 7) is 0.696.